The predicted octanol–water partition coefficient (Wildman–Crippen LogP) is 3.41. The van der Waals surface area contributed by atoms with E-state index in [1.165, 1.54) is 35.5 Å². The Balaban J connectivity index is 1.69. The smallest absolute Gasteiger partial charge is 0.359 e. The second kappa shape index (κ2) is 9.57. The minimum Gasteiger partial charge on any atom is -0.461 e. The van der Waals surface area contributed by atoms with Gasteiger partial charge in [0.05, 0.1) is 22.9 Å². The summed E-state index contributed by atoms with van der Waals surface area (Å²) in [5.41, 5.74) is 2.56. The first kappa shape index (κ1) is 23.9. The number of benzene rings is 2. The maximum Gasteiger partial charge on any atom is 0.359 e. The molecule has 2 heterocycles. The number of carbonyl (C=O) groups excluding carboxylic acids is 2. The van der Waals surface area contributed by atoms with Gasteiger partial charge in [-0.1, -0.05) is 11.6 Å². The summed E-state index contributed by atoms with van der Waals surface area (Å²) in [6, 6.07) is 13.0. The molecule has 0 saturated heterocycles. The predicted molar refractivity (Wildman–Crippen MR) is 127 cm³/mol. The van der Waals surface area contributed by atoms with Crippen molar-refractivity contribution >= 4 is 39.2 Å². The largest absolute Gasteiger partial charge is 0.461 e. The molecule has 1 amide bonds. The minimum absolute atomic E-state index is 0.0210. The van der Waals surface area contributed by atoms with Gasteiger partial charge < -0.3 is 10.1 Å². The molecule has 34 heavy (non-hydrogen) atoms. The van der Waals surface area contributed by atoms with Crippen LogP contribution in [0.2, 0.25) is 5.02 Å². The lowest BCUT2D eigenvalue weighted by atomic mass is 10.1. The summed E-state index contributed by atoms with van der Waals surface area (Å²) in [5, 5.41) is 7.65. The van der Waals surface area contributed by atoms with E-state index in [9.17, 15) is 18.0 Å². The molecule has 0 saturated carbocycles. The average Bonchev–Trinajstić information content (AvgIpc) is 3.19. The van der Waals surface area contributed by atoms with Crippen LogP contribution in [0.25, 0.3) is 5.69 Å². The second-order valence-electron chi connectivity index (χ2n) is 7.68. The number of amides is 1. The van der Waals surface area contributed by atoms with E-state index in [0.717, 1.165) is 5.69 Å². The molecule has 0 fully saturated rings. The van der Waals surface area contributed by atoms with Crippen LogP contribution in [0, 0.1) is 0 Å². The summed E-state index contributed by atoms with van der Waals surface area (Å²) >= 11 is 6.00. The Labute approximate surface area is 202 Å². The molecule has 4 rings (SSSR count). The third kappa shape index (κ3) is 4.70. The van der Waals surface area contributed by atoms with Crippen LogP contribution in [-0.2, 0) is 32.5 Å². The van der Waals surface area contributed by atoms with Crippen LogP contribution < -0.4 is 5.32 Å². The normalized spacial score (nSPS) is 13.9. The maximum absolute atomic E-state index is 13.3. The van der Waals surface area contributed by atoms with Gasteiger partial charge in [-0.05, 0) is 55.5 Å². The quantitative estimate of drug-likeness (QED) is 0.517. The van der Waals surface area contributed by atoms with Gasteiger partial charge in [-0.15, -0.1) is 0 Å². The fourth-order valence-electron chi connectivity index (χ4n) is 3.82. The molecule has 178 valence electrons. The van der Waals surface area contributed by atoms with Gasteiger partial charge in [0.15, 0.2) is 5.69 Å². The lowest BCUT2D eigenvalue weighted by Gasteiger charge is -2.27. The lowest BCUT2D eigenvalue weighted by Crippen LogP contribution is -2.36. The molecule has 1 N–H and O–H groups in total. The Morgan fingerprint density at radius 2 is 1.79 bits per heavy atom. The number of nitrogens with one attached hydrogen (secondary N) is 1. The van der Waals surface area contributed by atoms with Gasteiger partial charge in [0, 0.05) is 42.7 Å². The first-order valence-corrected chi connectivity index (χ1v) is 12.4. The molecular weight excluding hydrogens is 480 g/mol. The number of aromatic nitrogens is 2. The Hall–Kier alpha value is -3.21. The highest BCUT2D eigenvalue weighted by molar-refractivity contribution is 7.89. The van der Waals surface area contributed by atoms with Crippen molar-refractivity contribution in [2.75, 3.05) is 18.5 Å². The molecule has 0 bridgehead atoms. The number of nitrogens with zero attached hydrogens (tertiary/aromatic N) is 3. The summed E-state index contributed by atoms with van der Waals surface area (Å²) in [6.45, 7) is 3.44. The van der Waals surface area contributed by atoms with Gasteiger partial charge in [0.25, 0.3) is 0 Å². The Bertz CT molecular complexity index is 1330. The van der Waals surface area contributed by atoms with Crippen LogP contribution in [0.1, 0.15) is 35.6 Å². The highest BCUT2D eigenvalue weighted by Crippen LogP contribution is 2.30. The third-order valence-corrected chi connectivity index (χ3v) is 7.49. The van der Waals surface area contributed by atoms with Crippen LogP contribution in [0.3, 0.4) is 0 Å². The van der Waals surface area contributed by atoms with Crippen LogP contribution in [0.4, 0.5) is 5.69 Å². The van der Waals surface area contributed by atoms with Crippen molar-refractivity contribution in [3.05, 3.63) is 70.5 Å². The summed E-state index contributed by atoms with van der Waals surface area (Å²) in [6.07, 6.45) is 0.355. The molecule has 3 aromatic rings. The molecule has 0 atom stereocenters. The number of ether oxygens (including phenoxy) is 1. The van der Waals surface area contributed by atoms with E-state index >= 15 is 0 Å². The first-order valence-electron chi connectivity index (χ1n) is 10.6. The van der Waals surface area contributed by atoms with Gasteiger partial charge in [0.2, 0.25) is 15.9 Å². The van der Waals surface area contributed by atoms with Crippen molar-refractivity contribution in [1.29, 1.82) is 0 Å². The summed E-state index contributed by atoms with van der Waals surface area (Å²) < 4.78 is 34.8. The van der Waals surface area contributed by atoms with Crippen molar-refractivity contribution in [1.82, 2.24) is 14.1 Å². The zero-order valence-electron chi connectivity index (χ0n) is 18.6. The Morgan fingerprint density at radius 3 is 2.41 bits per heavy atom. The number of hydrogen-bond donors (Lipinski definition) is 1. The molecule has 1 aromatic heterocycles. The van der Waals surface area contributed by atoms with Crippen LogP contribution in [-0.4, -0.2) is 47.5 Å². The summed E-state index contributed by atoms with van der Waals surface area (Å²) in [4.78, 5) is 24.0. The Kier molecular flexibility index (Phi) is 6.74. The van der Waals surface area contributed by atoms with Crippen molar-refractivity contribution in [3.8, 4) is 5.69 Å². The number of rotatable bonds is 6. The van der Waals surface area contributed by atoms with Crippen molar-refractivity contribution in [2.45, 2.75) is 31.7 Å². The highest BCUT2D eigenvalue weighted by atomic mass is 35.5. The minimum atomic E-state index is -3.85. The van der Waals surface area contributed by atoms with Crippen LogP contribution in [0.15, 0.2) is 53.4 Å². The van der Waals surface area contributed by atoms with E-state index in [2.05, 4.69) is 10.4 Å². The molecule has 0 radical (unpaired) electrons. The maximum atomic E-state index is 13.3. The fraction of sp³-hybridized carbons (Fsp3) is 0.261. The number of esters is 1. The van der Waals surface area contributed by atoms with E-state index in [-0.39, 0.29) is 36.2 Å². The highest BCUT2D eigenvalue weighted by Gasteiger charge is 2.34. The lowest BCUT2D eigenvalue weighted by molar-refractivity contribution is -0.114. The average molecular weight is 503 g/mol. The van der Waals surface area contributed by atoms with Crippen LogP contribution in [0.5, 0.6) is 0 Å². The molecule has 2 aromatic carbocycles. The van der Waals surface area contributed by atoms with Crippen molar-refractivity contribution < 1.29 is 22.7 Å². The summed E-state index contributed by atoms with van der Waals surface area (Å²) in [5.74, 6) is -0.853. The zero-order valence-corrected chi connectivity index (χ0v) is 20.2. The zero-order chi connectivity index (χ0) is 24.5. The molecule has 1 aliphatic rings. The molecule has 0 unspecified atom stereocenters. The SMILES string of the molecule is CCOC(=O)c1nn(-c2ccc(Cl)cc2)c2c1CN(S(=O)(=O)c1ccc(NC(C)=O)cc1)CC2. The monoisotopic (exact) mass is 502 g/mol. The Morgan fingerprint density at radius 1 is 1.12 bits per heavy atom. The second-order valence-corrected chi connectivity index (χ2v) is 10.1. The standard InChI is InChI=1S/C23H23ClN4O5S/c1-3-33-23(30)22-20-14-27(34(31,32)19-10-6-17(7-11-19)25-15(2)29)13-12-21(20)28(26-22)18-8-4-16(24)5-9-18/h4-11H,3,12-14H2,1-2H3,(H,25,29). The number of hydrogen-bond acceptors (Lipinski definition) is 6. The number of sulfonamides is 1. The van der Waals surface area contributed by atoms with Gasteiger partial charge in [-0.2, -0.15) is 9.40 Å². The van der Waals surface area contributed by atoms with E-state index in [4.69, 9.17) is 16.3 Å². The van der Waals surface area contributed by atoms with Crippen molar-refractivity contribution in [3.63, 3.8) is 0 Å². The number of anilines is 1. The number of halogens is 1. The van der Waals surface area contributed by atoms with Gasteiger partial charge in [0.1, 0.15) is 0 Å². The topological polar surface area (TPSA) is 111 Å². The molecule has 1 aliphatic heterocycles. The van der Waals surface area contributed by atoms with E-state index < -0.39 is 16.0 Å². The first-order chi connectivity index (χ1) is 16.2. The van der Waals surface area contributed by atoms with E-state index in [0.29, 0.717) is 28.4 Å². The molecule has 9 nitrogen and oxygen atoms in total. The number of fused-ring (bicyclic) bond motifs is 1. The third-order valence-electron chi connectivity index (χ3n) is 5.37. The van der Waals surface area contributed by atoms with Gasteiger partial charge in [-0.25, -0.2) is 17.9 Å². The number of carbonyl (C=O) groups is 2. The van der Waals surface area contributed by atoms with Crippen molar-refractivity contribution in [2.24, 2.45) is 0 Å². The molecule has 0 aliphatic carbocycles. The van der Waals surface area contributed by atoms with Crippen LogP contribution >= 0.6 is 11.6 Å². The van der Waals surface area contributed by atoms with E-state index in [1.54, 1.807) is 35.9 Å². The fourth-order valence-corrected chi connectivity index (χ4v) is 5.36. The van der Waals surface area contributed by atoms with E-state index in [1.807, 2.05) is 0 Å². The van der Waals surface area contributed by atoms with Gasteiger partial charge >= 0.3 is 5.97 Å². The molecule has 11 heteroatoms. The molecular formula is C23H23ClN4O5S. The summed E-state index contributed by atoms with van der Waals surface area (Å²) in [7, 11) is -3.85. The molecule has 0 spiro atoms. The van der Waals surface area contributed by atoms with Gasteiger partial charge in [-0.3, -0.25) is 4.79 Å².